The van der Waals surface area contributed by atoms with Gasteiger partial charge in [-0.1, -0.05) is 0 Å². The van der Waals surface area contributed by atoms with Crippen molar-refractivity contribution >= 4 is 16.9 Å². The summed E-state index contributed by atoms with van der Waals surface area (Å²) < 4.78 is 42.0. The Hall–Kier alpha value is -3.00. The molecular formula is C25H26F3N3O2. The first-order chi connectivity index (χ1) is 15.7. The Morgan fingerprint density at radius 3 is 2.48 bits per heavy atom. The van der Waals surface area contributed by atoms with E-state index in [2.05, 4.69) is 15.6 Å². The molecule has 2 fully saturated rings. The largest absolute Gasteiger partial charge is 0.393 e. The fourth-order valence-corrected chi connectivity index (χ4v) is 5.28. The van der Waals surface area contributed by atoms with Crippen LogP contribution < -0.4 is 10.6 Å². The number of halogens is 3. The lowest BCUT2D eigenvalue weighted by atomic mass is 9.70. The van der Waals surface area contributed by atoms with Crippen LogP contribution in [0.1, 0.15) is 44.1 Å². The first-order valence-corrected chi connectivity index (χ1v) is 11.2. The van der Waals surface area contributed by atoms with E-state index in [1.54, 1.807) is 12.1 Å². The topological polar surface area (TPSA) is 77.2 Å². The Balaban J connectivity index is 1.31. The van der Waals surface area contributed by atoms with Gasteiger partial charge in [-0.25, -0.2) is 18.0 Å². The van der Waals surface area contributed by atoms with E-state index in [-0.39, 0.29) is 40.8 Å². The maximum atomic E-state index is 14.5. The number of hydrogen-bond acceptors (Lipinski definition) is 2. The highest BCUT2D eigenvalue weighted by molar-refractivity contribution is 5.92. The number of aromatic amines is 1. The molecule has 33 heavy (non-hydrogen) atoms. The summed E-state index contributed by atoms with van der Waals surface area (Å²) in [6.45, 7) is 2.41. The number of nitrogens with one attached hydrogen (secondary N) is 3. The predicted molar refractivity (Wildman–Crippen MR) is 119 cm³/mol. The maximum absolute atomic E-state index is 14.5. The summed E-state index contributed by atoms with van der Waals surface area (Å²) in [5.74, 6) is -1.37. The number of H-pyrrole nitrogens is 1. The van der Waals surface area contributed by atoms with Crippen molar-refractivity contribution in [3.8, 4) is 11.3 Å². The van der Waals surface area contributed by atoms with E-state index in [4.69, 9.17) is 0 Å². The van der Waals surface area contributed by atoms with Crippen molar-refractivity contribution < 1.29 is 23.1 Å². The summed E-state index contributed by atoms with van der Waals surface area (Å²) in [5.41, 5.74) is 2.07. The van der Waals surface area contributed by atoms with Crippen LogP contribution in [0.15, 0.2) is 36.4 Å². The monoisotopic (exact) mass is 457 g/mol. The summed E-state index contributed by atoms with van der Waals surface area (Å²) in [5, 5.41) is 15.8. The number of carbonyl (C=O) groups excluding carboxylic acids is 1. The van der Waals surface area contributed by atoms with Crippen LogP contribution >= 0.6 is 0 Å². The third-order valence-corrected chi connectivity index (χ3v) is 6.98. The molecule has 0 bridgehead atoms. The molecule has 2 aliphatic rings. The first-order valence-electron chi connectivity index (χ1n) is 11.2. The van der Waals surface area contributed by atoms with E-state index in [1.165, 1.54) is 18.2 Å². The van der Waals surface area contributed by atoms with Crippen LogP contribution in [-0.4, -0.2) is 34.3 Å². The standard InChI is InChI=1S/C25H26F3N3O2/c1-25(10-18(32)11-25)31-24(33)29-12-13-6-15(7-13)21-19-8-17(27)9-20(28)23(19)30-22(21)14-2-4-16(26)5-3-14/h2-5,8-9,13,15,18,30,32H,6-7,10-12H2,1H3,(H2,29,31,33). The minimum Gasteiger partial charge on any atom is -0.393 e. The predicted octanol–water partition coefficient (Wildman–Crippen LogP) is 4.96. The van der Waals surface area contributed by atoms with Crippen molar-refractivity contribution in [2.45, 2.75) is 50.2 Å². The highest BCUT2D eigenvalue weighted by Gasteiger charge is 2.41. The molecule has 4 N–H and O–H groups in total. The number of aliphatic hydroxyl groups is 1. The van der Waals surface area contributed by atoms with Gasteiger partial charge in [-0.2, -0.15) is 0 Å². The third-order valence-electron chi connectivity index (χ3n) is 6.98. The van der Waals surface area contributed by atoms with Gasteiger partial charge in [0.2, 0.25) is 0 Å². The van der Waals surface area contributed by atoms with E-state index >= 15 is 0 Å². The molecule has 0 atom stereocenters. The fourth-order valence-electron chi connectivity index (χ4n) is 5.28. The van der Waals surface area contributed by atoms with Gasteiger partial charge in [-0.3, -0.25) is 0 Å². The zero-order chi connectivity index (χ0) is 23.3. The highest BCUT2D eigenvalue weighted by Crippen LogP contribution is 2.48. The SMILES string of the molecule is CC1(NC(=O)NCC2CC(c3c(-c4ccc(F)cc4)[nH]c4c(F)cc(F)cc34)C2)CC(O)C1. The van der Waals surface area contributed by atoms with E-state index < -0.39 is 11.6 Å². The molecule has 0 saturated heterocycles. The molecular weight excluding hydrogens is 431 g/mol. The molecule has 0 unspecified atom stereocenters. The quantitative estimate of drug-likeness (QED) is 0.437. The Morgan fingerprint density at radius 2 is 1.82 bits per heavy atom. The average molecular weight is 457 g/mol. The van der Waals surface area contributed by atoms with Crippen LogP contribution in [0.4, 0.5) is 18.0 Å². The summed E-state index contributed by atoms with van der Waals surface area (Å²) in [6, 6.07) is 7.87. The van der Waals surface area contributed by atoms with Gasteiger partial charge in [0, 0.05) is 23.5 Å². The number of aliphatic hydroxyl groups excluding tert-OH is 1. The van der Waals surface area contributed by atoms with Crippen molar-refractivity contribution in [1.29, 1.82) is 0 Å². The minimum atomic E-state index is -0.663. The Labute approximate surface area is 189 Å². The van der Waals surface area contributed by atoms with Crippen molar-refractivity contribution in [3.05, 3.63) is 59.4 Å². The van der Waals surface area contributed by atoms with Gasteiger partial charge in [0.05, 0.1) is 17.3 Å². The number of aromatic nitrogens is 1. The number of carbonyl (C=O) groups is 1. The molecule has 5 rings (SSSR count). The average Bonchev–Trinajstić information content (AvgIpc) is 3.05. The fraction of sp³-hybridized carbons (Fsp3) is 0.400. The lowest BCUT2D eigenvalue weighted by Gasteiger charge is -2.43. The van der Waals surface area contributed by atoms with Crippen LogP contribution in [0, 0.1) is 23.4 Å². The van der Waals surface area contributed by atoms with Crippen LogP contribution in [0.25, 0.3) is 22.2 Å². The molecule has 2 saturated carbocycles. The van der Waals surface area contributed by atoms with Crippen molar-refractivity contribution in [3.63, 3.8) is 0 Å². The minimum absolute atomic E-state index is 0.0640. The summed E-state index contributed by atoms with van der Waals surface area (Å²) in [4.78, 5) is 15.3. The smallest absolute Gasteiger partial charge is 0.315 e. The van der Waals surface area contributed by atoms with Crippen LogP contribution in [0.2, 0.25) is 0 Å². The number of rotatable bonds is 5. The van der Waals surface area contributed by atoms with Gasteiger partial charge in [0.15, 0.2) is 0 Å². The van der Waals surface area contributed by atoms with Gasteiger partial charge in [0.25, 0.3) is 0 Å². The molecule has 1 aromatic heterocycles. The van der Waals surface area contributed by atoms with Crippen molar-refractivity contribution in [2.24, 2.45) is 5.92 Å². The Kier molecular flexibility index (Phi) is 5.35. The normalized spacial score (nSPS) is 26.5. The molecule has 174 valence electrons. The highest BCUT2D eigenvalue weighted by atomic mass is 19.1. The van der Waals surface area contributed by atoms with E-state index in [1.807, 2.05) is 6.92 Å². The molecule has 3 aromatic rings. The Morgan fingerprint density at radius 1 is 1.12 bits per heavy atom. The Bertz CT molecular complexity index is 1200. The van der Waals surface area contributed by atoms with E-state index in [0.717, 1.165) is 24.5 Å². The van der Waals surface area contributed by atoms with Crippen LogP contribution in [0.5, 0.6) is 0 Å². The molecule has 0 radical (unpaired) electrons. The van der Waals surface area contributed by atoms with E-state index in [0.29, 0.717) is 36.0 Å². The van der Waals surface area contributed by atoms with Crippen molar-refractivity contribution in [2.75, 3.05) is 6.54 Å². The van der Waals surface area contributed by atoms with Gasteiger partial charge in [-0.05, 0) is 85.9 Å². The number of hydrogen-bond donors (Lipinski definition) is 4. The van der Waals surface area contributed by atoms with E-state index in [9.17, 15) is 23.1 Å². The molecule has 1 heterocycles. The van der Waals surface area contributed by atoms with Crippen molar-refractivity contribution in [1.82, 2.24) is 15.6 Å². The summed E-state index contributed by atoms with van der Waals surface area (Å²) in [6.07, 6.45) is 2.26. The third kappa shape index (κ3) is 4.19. The molecule has 2 aromatic carbocycles. The molecule has 2 amide bonds. The van der Waals surface area contributed by atoms with Crippen LogP contribution in [-0.2, 0) is 0 Å². The second-order valence-corrected chi connectivity index (χ2v) is 9.72. The lowest BCUT2D eigenvalue weighted by Crippen LogP contribution is -2.59. The summed E-state index contributed by atoms with van der Waals surface area (Å²) in [7, 11) is 0. The molecule has 5 nitrogen and oxygen atoms in total. The number of urea groups is 1. The molecule has 0 aliphatic heterocycles. The van der Waals surface area contributed by atoms with Crippen LogP contribution in [0.3, 0.4) is 0 Å². The van der Waals surface area contributed by atoms with Gasteiger partial charge >= 0.3 is 6.03 Å². The molecule has 2 aliphatic carbocycles. The summed E-state index contributed by atoms with van der Waals surface area (Å²) >= 11 is 0. The lowest BCUT2D eigenvalue weighted by molar-refractivity contribution is 0.0178. The van der Waals surface area contributed by atoms with Gasteiger partial charge in [-0.15, -0.1) is 0 Å². The zero-order valence-electron chi connectivity index (χ0n) is 18.2. The number of benzene rings is 2. The first kappa shape index (κ1) is 21.8. The van der Waals surface area contributed by atoms with Gasteiger partial charge in [0.1, 0.15) is 17.5 Å². The second-order valence-electron chi connectivity index (χ2n) is 9.72. The number of fused-ring (bicyclic) bond motifs is 1. The number of amides is 2. The molecule has 8 heteroatoms. The maximum Gasteiger partial charge on any atom is 0.315 e. The zero-order valence-corrected chi connectivity index (χ0v) is 18.2. The second kappa shape index (κ2) is 8.09. The molecule has 0 spiro atoms. The van der Waals surface area contributed by atoms with Gasteiger partial charge < -0.3 is 20.7 Å².